The Labute approximate surface area is 142 Å². The Morgan fingerprint density at radius 1 is 1.52 bits per heavy atom. The number of nitrogens with zero attached hydrogens (tertiary/aromatic N) is 2. The molecular formula is C15H18BrN3O4. The van der Waals surface area contributed by atoms with Gasteiger partial charge in [0.2, 0.25) is 11.5 Å². The normalized spacial score (nSPS) is 23.7. The smallest absolute Gasteiger partial charge is 0.422 e. The summed E-state index contributed by atoms with van der Waals surface area (Å²) in [6, 6.07) is 1.62. The average Bonchev–Trinajstić information content (AvgIpc) is 2.88. The van der Waals surface area contributed by atoms with Crippen LogP contribution in [0, 0.1) is 0 Å². The van der Waals surface area contributed by atoms with Crippen LogP contribution in [0.4, 0.5) is 10.5 Å². The second-order valence-corrected chi connectivity index (χ2v) is 7.54. The molecule has 8 heteroatoms. The molecule has 3 heterocycles. The molecule has 1 spiro atoms. The fourth-order valence-electron chi connectivity index (χ4n) is 2.62. The minimum atomic E-state index is -1.11. The Hall–Kier alpha value is -1.67. The Bertz CT molecular complexity index is 665. The third-order valence-electron chi connectivity index (χ3n) is 3.62. The summed E-state index contributed by atoms with van der Waals surface area (Å²) in [5, 5.41) is 3.10. The summed E-state index contributed by atoms with van der Waals surface area (Å²) in [5.74, 6) is -0.175. The molecule has 0 aliphatic carbocycles. The van der Waals surface area contributed by atoms with Gasteiger partial charge in [0.1, 0.15) is 11.3 Å². The van der Waals surface area contributed by atoms with Gasteiger partial charge in [-0.15, -0.1) is 0 Å². The van der Waals surface area contributed by atoms with Crippen molar-refractivity contribution in [3.8, 4) is 5.88 Å². The Balaban J connectivity index is 2.06. The fraction of sp³-hybridized carbons (Fsp3) is 0.533. The van der Waals surface area contributed by atoms with E-state index in [0.717, 1.165) is 4.90 Å². The largest absolute Gasteiger partial charge is 0.458 e. The lowest BCUT2D eigenvalue weighted by Crippen LogP contribution is -2.59. The van der Waals surface area contributed by atoms with Crippen molar-refractivity contribution in [2.45, 2.75) is 38.4 Å². The molecule has 2 aliphatic rings. The zero-order valence-electron chi connectivity index (χ0n) is 13.2. The molecule has 3 rings (SSSR count). The molecule has 0 aromatic carbocycles. The molecule has 124 valence electrons. The molecule has 7 nitrogen and oxygen atoms in total. The number of hydrogen-bond acceptors (Lipinski definition) is 6. The first kappa shape index (κ1) is 16.2. The van der Waals surface area contributed by atoms with Crippen LogP contribution in [0.2, 0.25) is 0 Å². The summed E-state index contributed by atoms with van der Waals surface area (Å²) in [6.07, 6.45) is 1.32. The Morgan fingerprint density at radius 2 is 2.26 bits per heavy atom. The first-order chi connectivity index (χ1) is 10.7. The maximum absolute atomic E-state index is 13.0. The van der Waals surface area contributed by atoms with Gasteiger partial charge in [0.05, 0.1) is 0 Å². The van der Waals surface area contributed by atoms with E-state index in [1.807, 2.05) is 0 Å². The first-order valence-electron chi connectivity index (χ1n) is 7.35. The number of nitrogens with one attached hydrogen (secondary N) is 1. The number of carbonyl (C=O) groups is 2. The quantitative estimate of drug-likeness (QED) is 0.739. The van der Waals surface area contributed by atoms with Crippen molar-refractivity contribution in [1.29, 1.82) is 0 Å². The van der Waals surface area contributed by atoms with Crippen molar-refractivity contribution < 1.29 is 19.1 Å². The molecule has 1 atom stereocenters. The number of fused-ring (bicyclic) bond motifs is 1. The minimum Gasteiger partial charge on any atom is -0.458 e. The monoisotopic (exact) mass is 383 g/mol. The van der Waals surface area contributed by atoms with Crippen LogP contribution in [0.1, 0.15) is 27.2 Å². The highest BCUT2D eigenvalue weighted by atomic mass is 79.9. The SMILES string of the molecule is CC(C)(C)OC(=O)N1C(=O)[C@]2(CCNC2)Oc2ncc(Br)cc21. The number of imide groups is 1. The van der Waals surface area contributed by atoms with Crippen LogP contribution in [-0.4, -0.2) is 41.3 Å². The first-order valence-corrected chi connectivity index (χ1v) is 8.14. The third kappa shape index (κ3) is 2.92. The van der Waals surface area contributed by atoms with E-state index < -0.39 is 23.2 Å². The van der Waals surface area contributed by atoms with Crippen molar-refractivity contribution in [2.24, 2.45) is 0 Å². The summed E-state index contributed by atoms with van der Waals surface area (Å²) >= 11 is 3.30. The zero-order chi connectivity index (χ0) is 16.8. The fourth-order valence-corrected chi connectivity index (χ4v) is 2.94. The summed E-state index contributed by atoms with van der Waals surface area (Å²) in [7, 11) is 0. The van der Waals surface area contributed by atoms with Crippen molar-refractivity contribution in [2.75, 3.05) is 18.0 Å². The van der Waals surface area contributed by atoms with E-state index in [1.54, 1.807) is 33.0 Å². The summed E-state index contributed by atoms with van der Waals surface area (Å²) in [6.45, 7) is 6.23. The van der Waals surface area contributed by atoms with Crippen LogP contribution in [0.15, 0.2) is 16.7 Å². The Morgan fingerprint density at radius 3 is 2.87 bits per heavy atom. The molecule has 1 aromatic rings. The highest BCUT2D eigenvalue weighted by Crippen LogP contribution is 2.40. The van der Waals surface area contributed by atoms with Crippen molar-refractivity contribution >= 4 is 33.6 Å². The highest BCUT2D eigenvalue weighted by molar-refractivity contribution is 9.10. The number of carbonyl (C=O) groups excluding carboxylic acids is 2. The third-order valence-corrected chi connectivity index (χ3v) is 4.05. The van der Waals surface area contributed by atoms with Gasteiger partial charge in [-0.25, -0.2) is 14.7 Å². The van der Waals surface area contributed by atoms with Crippen LogP contribution in [0.5, 0.6) is 5.88 Å². The lowest BCUT2D eigenvalue weighted by molar-refractivity contribution is -0.133. The van der Waals surface area contributed by atoms with Gasteiger partial charge in [0.25, 0.3) is 5.91 Å². The number of aromatic nitrogens is 1. The van der Waals surface area contributed by atoms with Gasteiger partial charge in [-0.2, -0.15) is 0 Å². The van der Waals surface area contributed by atoms with E-state index >= 15 is 0 Å². The van der Waals surface area contributed by atoms with E-state index in [9.17, 15) is 9.59 Å². The van der Waals surface area contributed by atoms with Crippen molar-refractivity contribution in [1.82, 2.24) is 10.3 Å². The van der Waals surface area contributed by atoms with E-state index in [-0.39, 0.29) is 11.6 Å². The molecular weight excluding hydrogens is 366 g/mol. The topological polar surface area (TPSA) is 80.8 Å². The van der Waals surface area contributed by atoms with Gasteiger partial charge in [-0.05, 0) is 49.3 Å². The number of amides is 2. The molecule has 0 unspecified atom stereocenters. The number of rotatable bonds is 0. The maximum Gasteiger partial charge on any atom is 0.422 e. The van der Waals surface area contributed by atoms with Crippen LogP contribution in [0.3, 0.4) is 0 Å². The van der Waals surface area contributed by atoms with Gasteiger partial charge < -0.3 is 14.8 Å². The molecule has 0 radical (unpaired) electrons. The van der Waals surface area contributed by atoms with Crippen LogP contribution in [0.25, 0.3) is 0 Å². The van der Waals surface area contributed by atoms with Crippen LogP contribution in [-0.2, 0) is 9.53 Å². The molecule has 0 saturated carbocycles. The molecule has 2 aliphatic heterocycles. The van der Waals surface area contributed by atoms with Crippen molar-refractivity contribution in [3.63, 3.8) is 0 Å². The maximum atomic E-state index is 13.0. The molecule has 1 fully saturated rings. The van der Waals surface area contributed by atoms with E-state index in [2.05, 4.69) is 26.2 Å². The minimum absolute atomic E-state index is 0.252. The number of anilines is 1. The lowest BCUT2D eigenvalue weighted by Gasteiger charge is -2.38. The molecule has 0 bridgehead atoms. The van der Waals surface area contributed by atoms with Crippen LogP contribution < -0.4 is 15.0 Å². The lowest BCUT2D eigenvalue weighted by atomic mass is 9.99. The zero-order valence-corrected chi connectivity index (χ0v) is 14.8. The number of hydrogen-bond donors (Lipinski definition) is 1. The molecule has 1 saturated heterocycles. The van der Waals surface area contributed by atoms with E-state index in [4.69, 9.17) is 9.47 Å². The number of ether oxygens (including phenoxy) is 2. The predicted octanol–water partition coefficient (Wildman–Crippen LogP) is 2.24. The van der Waals surface area contributed by atoms with Gasteiger partial charge in [0, 0.05) is 23.6 Å². The van der Waals surface area contributed by atoms with Gasteiger partial charge in [-0.3, -0.25) is 4.79 Å². The number of pyridine rings is 1. The van der Waals surface area contributed by atoms with Gasteiger partial charge in [0.15, 0.2) is 0 Å². The van der Waals surface area contributed by atoms with Gasteiger partial charge in [-0.1, -0.05) is 0 Å². The molecule has 2 amide bonds. The second-order valence-electron chi connectivity index (χ2n) is 6.62. The molecule has 1 N–H and O–H groups in total. The molecule has 23 heavy (non-hydrogen) atoms. The number of halogens is 1. The van der Waals surface area contributed by atoms with E-state index in [0.29, 0.717) is 24.0 Å². The van der Waals surface area contributed by atoms with E-state index in [1.165, 1.54) is 0 Å². The molecule has 1 aromatic heterocycles. The summed E-state index contributed by atoms with van der Waals surface area (Å²) in [5.41, 5.74) is -1.53. The Kier molecular flexibility index (Phi) is 3.84. The highest BCUT2D eigenvalue weighted by Gasteiger charge is 2.53. The standard InChI is InChI=1S/C15H18BrN3O4/c1-14(2,3)23-13(21)19-10-6-9(16)7-18-11(10)22-15(12(19)20)4-5-17-8-15/h6-7,17H,4-5,8H2,1-3H3/t15-/m1/s1. The average molecular weight is 384 g/mol. The van der Waals surface area contributed by atoms with Gasteiger partial charge >= 0.3 is 6.09 Å². The predicted molar refractivity (Wildman–Crippen MR) is 86.5 cm³/mol. The summed E-state index contributed by atoms with van der Waals surface area (Å²) < 4.78 is 11.9. The summed E-state index contributed by atoms with van der Waals surface area (Å²) in [4.78, 5) is 30.8. The second kappa shape index (κ2) is 5.45. The van der Waals surface area contributed by atoms with Crippen molar-refractivity contribution in [3.05, 3.63) is 16.7 Å². The van der Waals surface area contributed by atoms with Crippen LogP contribution >= 0.6 is 15.9 Å².